The molecular weight excluding hydrogens is 282 g/mol. The van der Waals surface area contributed by atoms with E-state index in [2.05, 4.69) is 15.4 Å². The van der Waals surface area contributed by atoms with E-state index in [9.17, 15) is 4.79 Å². The van der Waals surface area contributed by atoms with Crippen LogP contribution in [-0.4, -0.2) is 35.6 Å². The van der Waals surface area contributed by atoms with Gasteiger partial charge in [-0.25, -0.2) is 0 Å². The molecule has 1 saturated heterocycles. The maximum Gasteiger partial charge on any atom is 0.256 e. The molecule has 6 nitrogen and oxygen atoms in total. The average Bonchev–Trinajstić information content (AvgIpc) is 3.22. The molecule has 0 spiro atoms. The topological polar surface area (TPSA) is 71.5 Å². The third-order valence-electron chi connectivity index (χ3n) is 4.17. The zero-order valence-corrected chi connectivity index (χ0v) is 13.0. The van der Waals surface area contributed by atoms with E-state index in [1.165, 1.54) is 12.8 Å². The number of carbonyl (C=O) groups excluding carboxylic acids is 1. The number of hydrogen-bond acceptors (Lipinski definition) is 5. The van der Waals surface area contributed by atoms with Gasteiger partial charge in [-0.2, -0.15) is 0 Å². The van der Waals surface area contributed by atoms with Crippen molar-refractivity contribution < 1.29 is 13.7 Å². The number of nitrogens with one attached hydrogen (secondary N) is 1. The highest BCUT2D eigenvalue weighted by atomic mass is 16.5. The Balaban J connectivity index is 1.70. The fourth-order valence-corrected chi connectivity index (χ4v) is 3.03. The SMILES string of the molecule is Cc1noc(C)c1C(=O)NC[C@H](c1ccco1)N1CCCC1. The molecule has 1 N–H and O–H groups in total. The molecule has 1 amide bonds. The largest absolute Gasteiger partial charge is 0.468 e. The Hall–Kier alpha value is -2.08. The Morgan fingerprint density at radius 1 is 1.41 bits per heavy atom. The molecule has 6 heteroatoms. The van der Waals surface area contributed by atoms with Crippen LogP contribution < -0.4 is 5.32 Å². The minimum absolute atomic E-state index is 0.0712. The van der Waals surface area contributed by atoms with E-state index in [4.69, 9.17) is 8.94 Å². The van der Waals surface area contributed by atoms with Crippen LogP contribution >= 0.6 is 0 Å². The van der Waals surface area contributed by atoms with Crippen molar-refractivity contribution in [3.8, 4) is 0 Å². The minimum Gasteiger partial charge on any atom is -0.468 e. The summed E-state index contributed by atoms with van der Waals surface area (Å²) in [4.78, 5) is 14.7. The lowest BCUT2D eigenvalue weighted by atomic mass is 10.1. The predicted octanol–water partition coefficient (Wildman–Crippen LogP) is 2.45. The van der Waals surface area contributed by atoms with Gasteiger partial charge >= 0.3 is 0 Å². The van der Waals surface area contributed by atoms with Gasteiger partial charge in [0.1, 0.15) is 17.1 Å². The summed E-state index contributed by atoms with van der Waals surface area (Å²) in [5, 5.41) is 6.82. The third kappa shape index (κ3) is 2.92. The van der Waals surface area contributed by atoms with Crippen molar-refractivity contribution in [3.63, 3.8) is 0 Å². The quantitative estimate of drug-likeness (QED) is 0.918. The minimum atomic E-state index is -0.146. The van der Waals surface area contributed by atoms with Crippen LogP contribution in [0.4, 0.5) is 0 Å². The second-order valence-corrected chi connectivity index (χ2v) is 5.68. The highest BCUT2D eigenvalue weighted by Crippen LogP contribution is 2.25. The van der Waals surface area contributed by atoms with E-state index in [1.807, 2.05) is 12.1 Å². The number of nitrogens with zero attached hydrogens (tertiary/aromatic N) is 2. The number of aromatic nitrogens is 1. The van der Waals surface area contributed by atoms with Gasteiger partial charge in [0.05, 0.1) is 18.0 Å². The number of carbonyl (C=O) groups is 1. The summed E-state index contributed by atoms with van der Waals surface area (Å²) < 4.78 is 10.6. The van der Waals surface area contributed by atoms with E-state index in [0.717, 1.165) is 18.8 Å². The van der Waals surface area contributed by atoms with Gasteiger partial charge in [0.2, 0.25) is 0 Å². The zero-order valence-electron chi connectivity index (χ0n) is 13.0. The lowest BCUT2D eigenvalue weighted by Crippen LogP contribution is -2.36. The molecule has 2 aromatic rings. The van der Waals surface area contributed by atoms with Crippen molar-refractivity contribution in [3.05, 3.63) is 41.2 Å². The molecule has 3 rings (SSSR count). The van der Waals surface area contributed by atoms with Crippen LogP contribution in [-0.2, 0) is 0 Å². The number of aryl methyl sites for hydroxylation is 2. The van der Waals surface area contributed by atoms with Gasteiger partial charge in [0.25, 0.3) is 5.91 Å². The van der Waals surface area contributed by atoms with Crippen LogP contribution in [0.25, 0.3) is 0 Å². The molecule has 0 saturated carbocycles. The lowest BCUT2D eigenvalue weighted by Gasteiger charge is -2.25. The van der Waals surface area contributed by atoms with Crippen LogP contribution in [0.15, 0.2) is 27.3 Å². The normalized spacial score (nSPS) is 16.8. The molecule has 1 fully saturated rings. The summed E-state index contributed by atoms with van der Waals surface area (Å²) in [6.07, 6.45) is 4.05. The zero-order chi connectivity index (χ0) is 15.5. The molecule has 22 heavy (non-hydrogen) atoms. The molecule has 0 unspecified atom stereocenters. The summed E-state index contributed by atoms with van der Waals surface area (Å²) in [6.45, 7) is 6.10. The van der Waals surface area contributed by atoms with E-state index in [0.29, 0.717) is 23.6 Å². The van der Waals surface area contributed by atoms with E-state index in [-0.39, 0.29) is 11.9 Å². The summed E-state index contributed by atoms with van der Waals surface area (Å²) in [7, 11) is 0. The summed E-state index contributed by atoms with van der Waals surface area (Å²) >= 11 is 0. The molecule has 118 valence electrons. The van der Waals surface area contributed by atoms with E-state index in [1.54, 1.807) is 20.1 Å². The molecule has 0 radical (unpaired) electrons. The molecule has 1 atom stereocenters. The van der Waals surface area contributed by atoms with E-state index >= 15 is 0 Å². The molecule has 0 aliphatic carbocycles. The smallest absolute Gasteiger partial charge is 0.256 e. The van der Waals surface area contributed by atoms with Crippen LogP contribution in [0, 0.1) is 13.8 Å². The fourth-order valence-electron chi connectivity index (χ4n) is 3.03. The number of furan rings is 1. The van der Waals surface area contributed by atoms with Crippen LogP contribution in [0.1, 0.15) is 46.5 Å². The van der Waals surface area contributed by atoms with Gasteiger partial charge in [-0.3, -0.25) is 9.69 Å². The maximum atomic E-state index is 12.4. The highest BCUT2D eigenvalue weighted by molar-refractivity contribution is 5.96. The Kier molecular flexibility index (Phi) is 4.29. The number of rotatable bonds is 5. The van der Waals surface area contributed by atoms with Gasteiger partial charge in [-0.05, 0) is 51.9 Å². The van der Waals surface area contributed by atoms with Crippen molar-refractivity contribution in [2.45, 2.75) is 32.7 Å². The molecule has 1 aliphatic rings. The van der Waals surface area contributed by atoms with Gasteiger partial charge in [-0.1, -0.05) is 5.16 Å². The van der Waals surface area contributed by atoms with Gasteiger partial charge in [0.15, 0.2) is 0 Å². The van der Waals surface area contributed by atoms with Crippen molar-refractivity contribution in [2.24, 2.45) is 0 Å². The van der Waals surface area contributed by atoms with Crippen LogP contribution in [0.3, 0.4) is 0 Å². The number of amides is 1. The molecule has 3 heterocycles. The summed E-state index contributed by atoms with van der Waals surface area (Å²) in [6, 6.07) is 3.92. The fraction of sp³-hybridized carbons (Fsp3) is 0.500. The first-order valence-electron chi connectivity index (χ1n) is 7.65. The van der Waals surface area contributed by atoms with Crippen molar-refractivity contribution in [1.82, 2.24) is 15.4 Å². The van der Waals surface area contributed by atoms with Gasteiger partial charge < -0.3 is 14.3 Å². The Morgan fingerprint density at radius 2 is 2.18 bits per heavy atom. The van der Waals surface area contributed by atoms with Gasteiger partial charge in [0, 0.05) is 6.54 Å². The molecule has 1 aliphatic heterocycles. The Bertz CT molecular complexity index is 608. The standard InChI is InChI=1S/C16H21N3O3/c1-11-15(12(2)22-18-11)16(20)17-10-13(14-6-5-9-21-14)19-7-3-4-8-19/h5-6,9,13H,3-4,7-8,10H2,1-2H3,(H,17,20)/t13-/m1/s1. The molecule has 0 bridgehead atoms. The number of likely N-dealkylation sites (tertiary alicyclic amines) is 1. The lowest BCUT2D eigenvalue weighted by molar-refractivity contribution is 0.0931. The van der Waals surface area contributed by atoms with Crippen molar-refractivity contribution in [1.29, 1.82) is 0 Å². The highest BCUT2D eigenvalue weighted by Gasteiger charge is 2.27. The predicted molar refractivity (Wildman–Crippen MR) is 80.6 cm³/mol. The third-order valence-corrected chi connectivity index (χ3v) is 4.17. The molecule has 0 aromatic carbocycles. The second-order valence-electron chi connectivity index (χ2n) is 5.68. The first kappa shape index (κ1) is 14.8. The summed E-state index contributed by atoms with van der Waals surface area (Å²) in [5.74, 6) is 1.29. The maximum absolute atomic E-state index is 12.4. The summed E-state index contributed by atoms with van der Waals surface area (Å²) in [5.41, 5.74) is 1.14. The van der Waals surface area contributed by atoms with Crippen LogP contribution in [0.2, 0.25) is 0 Å². The molecular formula is C16H21N3O3. The Morgan fingerprint density at radius 3 is 2.77 bits per heavy atom. The Labute approximate surface area is 129 Å². The second kappa shape index (κ2) is 6.36. The first-order valence-corrected chi connectivity index (χ1v) is 7.65. The average molecular weight is 303 g/mol. The van der Waals surface area contributed by atoms with Crippen molar-refractivity contribution >= 4 is 5.91 Å². The van der Waals surface area contributed by atoms with E-state index < -0.39 is 0 Å². The monoisotopic (exact) mass is 303 g/mol. The number of hydrogen-bond donors (Lipinski definition) is 1. The van der Waals surface area contributed by atoms with Crippen LogP contribution in [0.5, 0.6) is 0 Å². The molecule has 2 aromatic heterocycles. The van der Waals surface area contributed by atoms with Crippen molar-refractivity contribution in [2.75, 3.05) is 19.6 Å². The van der Waals surface area contributed by atoms with Gasteiger partial charge in [-0.15, -0.1) is 0 Å². The first-order chi connectivity index (χ1) is 10.7.